The first-order chi connectivity index (χ1) is 14.0. The fourth-order valence-corrected chi connectivity index (χ4v) is 2.46. The summed E-state index contributed by atoms with van der Waals surface area (Å²) in [7, 11) is 1.55. The highest BCUT2D eigenvalue weighted by atomic mass is 16.5. The number of hydrogen-bond acceptors (Lipinski definition) is 5. The molecule has 0 spiro atoms. The summed E-state index contributed by atoms with van der Waals surface area (Å²) < 4.78 is 10.9. The SMILES string of the molecule is CCCOc1cc(/C=C(\C#N)C(=O)Nc2ccc(NC(C)=O)cc2)ccc1OC. The van der Waals surface area contributed by atoms with Gasteiger partial charge in [-0.15, -0.1) is 0 Å². The van der Waals surface area contributed by atoms with Gasteiger partial charge >= 0.3 is 0 Å². The Bertz CT molecular complexity index is 944. The maximum atomic E-state index is 12.5. The Balaban J connectivity index is 2.17. The summed E-state index contributed by atoms with van der Waals surface area (Å²) in [6, 6.07) is 13.7. The molecule has 0 heterocycles. The fraction of sp³-hybridized carbons (Fsp3) is 0.227. The highest BCUT2D eigenvalue weighted by molar-refractivity contribution is 6.09. The summed E-state index contributed by atoms with van der Waals surface area (Å²) in [5, 5.41) is 14.7. The number of hydrogen-bond donors (Lipinski definition) is 2. The van der Waals surface area contributed by atoms with E-state index < -0.39 is 5.91 Å². The third-order valence-corrected chi connectivity index (χ3v) is 3.79. The standard InChI is InChI=1S/C22H23N3O4/c1-4-11-29-21-13-16(5-10-20(21)28-3)12-17(14-23)22(27)25-19-8-6-18(7-9-19)24-15(2)26/h5-10,12-13H,4,11H2,1-3H3,(H,24,26)(H,25,27)/b17-12+. The van der Waals surface area contributed by atoms with Gasteiger partial charge in [-0.1, -0.05) is 13.0 Å². The average molecular weight is 393 g/mol. The Morgan fingerprint density at radius 2 is 1.72 bits per heavy atom. The van der Waals surface area contributed by atoms with Crippen LogP contribution in [0.25, 0.3) is 6.08 Å². The summed E-state index contributed by atoms with van der Waals surface area (Å²) in [6.45, 7) is 3.94. The number of carbonyl (C=O) groups excluding carboxylic acids is 2. The van der Waals surface area contributed by atoms with Crippen LogP contribution in [0.2, 0.25) is 0 Å². The first-order valence-corrected chi connectivity index (χ1v) is 9.08. The number of anilines is 2. The predicted octanol–water partition coefficient (Wildman–Crippen LogP) is 3.99. The molecule has 0 bridgehead atoms. The molecule has 0 radical (unpaired) electrons. The van der Waals surface area contributed by atoms with Crippen LogP contribution in [0.3, 0.4) is 0 Å². The number of ether oxygens (including phenoxy) is 2. The van der Waals surface area contributed by atoms with Crippen molar-refractivity contribution in [3.8, 4) is 17.6 Å². The molecule has 0 aliphatic carbocycles. The molecule has 0 unspecified atom stereocenters. The first-order valence-electron chi connectivity index (χ1n) is 9.08. The van der Waals surface area contributed by atoms with Crippen LogP contribution in [-0.4, -0.2) is 25.5 Å². The maximum absolute atomic E-state index is 12.5. The number of rotatable bonds is 8. The van der Waals surface area contributed by atoms with Crippen LogP contribution >= 0.6 is 0 Å². The van der Waals surface area contributed by atoms with Gasteiger partial charge in [-0.3, -0.25) is 9.59 Å². The molecule has 2 N–H and O–H groups in total. The number of nitrogens with one attached hydrogen (secondary N) is 2. The van der Waals surface area contributed by atoms with Gasteiger partial charge in [0.25, 0.3) is 5.91 Å². The number of nitrogens with zero attached hydrogens (tertiary/aromatic N) is 1. The van der Waals surface area contributed by atoms with Gasteiger partial charge in [0, 0.05) is 18.3 Å². The third-order valence-electron chi connectivity index (χ3n) is 3.79. The molecular weight excluding hydrogens is 370 g/mol. The second-order valence-corrected chi connectivity index (χ2v) is 6.14. The second kappa shape index (κ2) is 10.5. The minimum Gasteiger partial charge on any atom is -0.493 e. The average Bonchev–Trinajstić information content (AvgIpc) is 2.71. The molecular formula is C22H23N3O4. The highest BCUT2D eigenvalue weighted by Crippen LogP contribution is 2.29. The molecule has 0 aromatic heterocycles. The Hall–Kier alpha value is -3.79. The van der Waals surface area contributed by atoms with Crippen LogP contribution in [0.15, 0.2) is 48.0 Å². The zero-order valence-corrected chi connectivity index (χ0v) is 16.6. The van der Waals surface area contributed by atoms with Crippen molar-refractivity contribution >= 4 is 29.3 Å². The van der Waals surface area contributed by atoms with Crippen molar-refractivity contribution in [1.29, 1.82) is 5.26 Å². The van der Waals surface area contributed by atoms with Gasteiger partial charge in [0.2, 0.25) is 5.91 Å². The number of benzene rings is 2. The first kappa shape index (κ1) is 21.5. The lowest BCUT2D eigenvalue weighted by atomic mass is 10.1. The second-order valence-electron chi connectivity index (χ2n) is 6.14. The summed E-state index contributed by atoms with van der Waals surface area (Å²) in [5.74, 6) is 0.414. The van der Waals surface area contributed by atoms with E-state index in [1.807, 2.05) is 13.0 Å². The number of amides is 2. The third kappa shape index (κ3) is 6.40. The monoisotopic (exact) mass is 393 g/mol. The van der Waals surface area contributed by atoms with Gasteiger partial charge < -0.3 is 20.1 Å². The molecule has 2 aromatic carbocycles. The topological polar surface area (TPSA) is 100 Å². The Labute approximate surface area is 169 Å². The minimum atomic E-state index is -0.536. The molecule has 0 aliphatic heterocycles. The molecule has 2 aromatic rings. The zero-order valence-electron chi connectivity index (χ0n) is 16.6. The van der Waals surface area contributed by atoms with Crippen molar-refractivity contribution in [3.63, 3.8) is 0 Å². The Morgan fingerprint density at radius 1 is 1.07 bits per heavy atom. The van der Waals surface area contributed by atoms with Crippen molar-refractivity contribution < 1.29 is 19.1 Å². The van der Waals surface area contributed by atoms with Crippen LogP contribution in [0.5, 0.6) is 11.5 Å². The predicted molar refractivity (Wildman–Crippen MR) is 112 cm³/mol. The quantitative estimate of drug-likeness (QED) is 0.522. The van der Waals surface area contributed by atoms with E-state index in [1.54, 1.807) is 49.6 Å². The van der Waals surface area contributed by atoms with Crippen LogP contribution in [-0.2, 0) is 9.59 Å². The van der Waals surface area contributed by atoms with Crippen molar-refractivity contribution in [2.45, 2.75) is 20.3 Å². The summed E-state index contributed by atoms with van der Waals surface area (Å²) >= 11 is 0. The lowest BCUT2D eigenvalue weighted by Crippen LogP contribution is -2.13. The molecule has 0 atom stereocenters. The minimum absolute atomic E-state index is 0.0532. The van der Waals surface area contributed by atoms with Gasteiger partial charge in [0.15, 0.2) is 11.5 Å². The summed E-state index contributed by atoms with van der Waals surface area (Å²) in [4.78, 5) is 23.5. The van der Waals surface area contributed by atoms with Gasteiger partial charge in [0.1, 0.15) is 11.6 Å². The molecule has 0 saturated heterocycles. The smallest absolute Gasteiger partial charge is 0.266 e. The summed E-state index contributed by atoms with van der Waals surface area (Å²) in [6.07, 6.45) is 2.33. The van der Waals surface area contributed by atoms with Crippen molar-refractivity contribution in [2.24, 2.45) is 0 Å². The molecule has 2 amide bonds. The van der Waals surface area contributed by atoms with E-state index in [-0.39, 0.29) is 11.5 Å². The van der Waals surface area contributed by atoms with Crippen LogP contribution < -0.4 is 20.1 Å². The van der Waals surface area contributed by atoms with Crippen LogP contribution in [0.4, 0.5) is 11.4 Å². The van der Waals surface area contributed by atoms with E-state index >= 15 is 0 Å². The van der Waals surface area contributed by atoms with E-state index in [0.717, 1.165) is 6.42 Å². The number of methoxy groups -OCH3 is 1. The zero-order chi connectivity index (χ0) is 21.2. The van der Waals surface area contributed by atoms with Gasteiger partial charge in [-0.2, -0.15) is 5.26 Å². The molecule has 7 nitrogen and oxygen atoms in total. The van der Waals surface area contributed by atoms with Crippen molar-refractivity contribution in [1.82, 2.24) is 0 Å². The summed E-state index contributed by atoms with van der Waals surface area (Å²) in [5.41, 5.74) is 1.71. The van der Waals surface area contributed by atoms with Crippen LogP contribution in [0.1, 0.15) is 25.8 Å². The normalized spacial score (nSPS) is 10.6. The Kier molecular flexibility index (Phi) is 7.80. The molecule has 0 aliphatic rings. The van der Waals surface area contributed by atoms with E-state index in [1.165, 1.54) is 13.0 Å². The lowest BCUT2D eigenvalue weighted by molar-refractivity contribution is -0.114. The van der Waals surface area contributed by atoms with Crippen molar-refractivity contribution in [3.05, 3.63) is 53.6 Å². The fourth-order valence-electron chi connectivity index (χ4n) is 2.46. The highest BCUT2D eigenvalue weighted by Gasteiger charge is 2.11. The van der Waals surface area contributed by atoms with E-state index in [2.05, 4.69) is 10.6 Å². The van der Waals surface area contributed by atoms with E-state index in [4.69, 9.17) is 9.47 Å². The van der Waals surface area contributed by atoms with Crippen molar-refractivity contribution in [2.75, 3.05) is 24.4 Å². The maximum Gasteiger partial charge on any atom is 0.266 e. The molecule has 29 heavy (non-hydrogen) atoms. The Morgan fingerprint density at radius 3 is 2.28 bits per heavy atom. The van der Waals surface area contributed by atoms with Gasteiger partial charge in [-0.05, 0) is 54.5 Å². The molecule has 0 saturated carbocycles. The van der Waals surface area contributed by atoms with Gasteiger partial charge in [0.05, 0.1) is 13.7 Å². The molecule has 7 heteroatoms. The van der Waals surface area contributed by atoms with Gasteiger partial charge in [-0.25, -0.2) is 0 Å². The molecule has 150 valence electrons. The van der Waals surface area contributed by atoms with E-state index in [9.17, 15) is 14.9 Å². The van der Waals surface area contributed by atoms with Crippen LogP contribution in [0, 0.1) is 11.3 Å². The molecule has 2 rings (SSSR count). The largest absolute Gasteiger partial charge is 0.493 e. The lowest BCUT2D eigenvalue weighted by Gasteiger charge is -2.11. The number of nitriles is 1. The number of carbonyl (C=O) groups is 2. The van der Waals surface area contributed by atoms with E-state index in [0.29, 0.717) is 35.0 Å². The molecule has 0 fully saturated rings.